The van der Waals surface area contributed by atoms with Crippen LogP contribution in [0.15, 0.2) is 59.7 Å². The number of nitrogens with zero attached hydrogens (tertiary/aromatic N) is 1. The van der Waals surface area contributed by atoms with Crippen LogP contribution in [0, 0.1) is 6.92 Å². The Morgan fingerprint density at radius 3 is 2.53 bits per heavy atom. The lowest BCUT2D eigenvalue weighted by Crippen LogP contribution is -1.97. The van der Waals surface area contributed by atoms with Crippen molar-refractivity contribution in [3.05, 3.63) is 65.7 Å². The second-order valence-electron chi connectivity index (χ2n) is 3.75. The fourth-order valence-corrected chi connectivity index (χ4v) is 1.62. The van der Waals surface area contributed by atoms with Gasteiger partial charge < -0.3 is 0 Å². The van der Waals surface area contributed by atoms with E-state index in [1.807, 2.05) is 61.5 Å². The Morgan fingerprint density at radius 1 is 1.06 bits per heavy atom. The molecule has 0 spiro atoms. The van der Waals surface area contributed by atoms with Gasteiger partial charge >= 0.3 is 0 Å². The zero-order chi connectivity index (χ0) is 12.1. The smallest absolute Gasteiger partial charge is 0.156 e. The van der Waals surface area contributed by atoms with Crippen LogP contribution in [0.5, 0.6) is 0 Å². The number of rotatable bonds is 3. The fraction of sp³-hybridized carbons (Fsp3) is 0.0714. The number of hydrogen-bond donors (Lipinski definition) is 1. The summed E-state index contributed by atoms with van der Waals surface area (Å²) in [6.45, 7) is 2.03. The van der Waals surface area contributed by atoms with Crippen LogP contribution >= 0.6 is 11.6 Å². The summed E-state index contributed by atoms with van der Waals surface area (Å²) >= 11 is 6.12. The number of aryl methyl sites for hydroxylation is 1. The maximum absolute atomic E-state index is 6.12. The summed E-state index contributed by atoms with van der Waals surface area (Å²) in [4.78, 5) is 0. The summed E-state index contributed by atoms with van der Waals surface area (Å²) in [6.07, 6.45) is 0. The molecule has 86 valence electrons. The summed E-state index contributed by atoms with van der Waals surface area (Å²) in [6, 6.07) is 17.6. The molecule has 17 heavy (non-hydrogen) atoms. The largest absolute Gasteiger partial charge is 0.277 e. The first-order valence-corrected chi connectivity index (χ1v) is 5.75. The lowest BCUT2D eigenvalue weighted by atomic mass is 10.1. The summed E-state index contributed by atoms with van der Waals surface area (Å²) in [5, 5.41) is 4.59. The molecule has 3 heteroatoms. The van der Waals surface area contributed by atoms with E-state index >= 15 is 0 Å². The molecule has 0 saturated carbocycles. The summed E-state index contributed by atoms with van der Waals surface area (Å²) < 4.78 is 0. The van der Waals surface area contributed by atoms with Crippen molar-refractivity contribution in [2.75, 3.05) is 5.43 Å². The van der Waals surface area contributed by atoms with E-state index in [1.54, 1.807) is 0 Å². The Hall–Kier alpha value is -1.80. The number of nitrogens with one attached hydrogen (secondary N) is 1. The van der Waals surface area contributed by atoms with E-state index in [-0.39, 0.29) is 0 Å². The highest BCUT2D eigenvalue weighted by atomic mass is 35.5. The van der Waals surface area contributed by atoms with E-state index in [0.29, 0.717) is 5.17 Å². The van der Waals surface area contributed by atoms with E-state index in [0.717, 1.165) is 16.8 Å². The van der Waals surface area contributed by atoms with Crippen molar-refractivity contribution in [3.63, 3.8) is 0 Å². The Labute approximate surface area is 106 Å². The molecule has 0 amide bonds. The van der Waals surface area contributed by atoms with Gasteiger partial charge in [-0.25, -0.2) is 0 Å². The second-order valence-corrected chi connectivity index (χ2v) is 4.11. The number of anilines is 1. The molecule has 0 aliphatic heterocycles. The van der Waals surface area contributed by atoms with Crippen LogP contribution < -0.4 is 5.43 Å². The summed E-state index contributed by atoms with van der Waals surface area (Å²) in [7, 11) is 0. The molecule has 0 heterocycles. The van der Waals surface area contributed by atoms with Crippen LogP contribution in [0.4, 0.5) is 5.69 Å². The van der Waals surface area contributed by atoms with Crippen molar-refractivity contribution in [2.24, 2.45) is 5.10 Å². The molecule has 2 rings (SSSR count). The van der Waals surface area contributed by atoms with Gasteiger partial charge in [-0.3, -0.25) is 5.43 Å². The number of hydrazone groups is 1. The van der Waals surface area contributed by atoms with Crippen LogP contribution in [-0.4, -0.2) is 5.17 Å². The topological polar surface area (TPSA) is 24.4 Å². The zero-order valence-electron chi connectivity index (χ0n) is 9.52. The van der Waals surface area contributed by atoms with Crippen LogP contribution in [0.25, 0.3) is 0 Å². The zero-order valence-corrected chi connectivity index (χ0v) is 10.3. The highest BCUT2D eigenvalue weighted by Gasteiger charge is 1.99. The minimum atomic E-state index is 0.456. The standard InChI is InChI=1S/C14H13ClN2/c1-11-6-5-7-12(10-11)14(15)17-16-13-8-3-2-4-9-13/h2-10,16H,1H3/b17-14-. The number of benzene rings is 2. The van der Waals surface area contributed by atoms with Gasteiger partial charge in [0.15, 0.2) is 5.17 Å². The molecule has 0 aliphatic carbocycles. The van der Waals surface area contributed by atoms with Gasteiger partial charge in [0.05, 0.1) is 5.69 Å². The van der Waals surface area contributed by atoms with Crippen LogP contribution in [0.3, 0.4) is 0 Å². The molecule has 0 radical (unpaired) electrons. The molecular formula is C14H13ClN2. The first-order chi connectivity index (χ1) is 8.25. The van der Waals surface area contributed by atoms with Crippen molar-refractivity contribution >= 4 is 22.5 Å². The molecule has 0 fully saturated rings. The van der Waals surface area contributed by atoms with Crippen LogP contribution in [-0.2, 0) is 0 Å². The third kappa shape index (κ3) is 3.33. The lowest BCUT2D eigenvalue weighted by molar-refractivity contribution is 1.34. The van der Waals surface area contributed by atoms with Gasteiger partial charge in [-0.05, 0) is 25.1 Å². The van der Waals surface area contributed by atoms with Crippen LogP contribution in [0.2, 0.25) is 0 Å². The highest BCUT2D eigenvalue weighted by molar-refractivity contribution is 6.69. The van der Waals surface area contributed by atoms with Gasteiger partial charge in [0, 0.05) is 5.56 Å². The molecule has 0 unspecified atom stereocenters. The molecule has 2 aromatic rings. The molecule has 0 aliphatic rings. The van der Waals surface area contributed by atoms with E-state index in [2.05, 4.69) is 10.5 Å². The van der Waals surface area contributed by atoms with Crippen molar-refractivity contribution in [3.8, 4) is 0 Å². The third-order valence-corrected chi connectivity index (χ3v) is 2.62. The first-order valence-electron chi connectivity index (χ1n) is 5.37. The van der Waals surface area contributed by atoms with Crippen molar-refractivity contribution in [1.82, 2.24) is 0 Å². The molecule has 0 atom stereocenters. The van der Waals surface area contributed by atoms with Crippen LogP contribution in [0.1, 0.15) is 11.1 Å². The monoisotopic (exact) mass is 244 g/mol. The van der Waals surface area contributed by atoms with Crippen molar-refractivity contribution in [1.29, 1.82) is 0 Å². The Balaban J connectivity index is 2.12. The minimum Gasteiger partial charge on any atom is -0.277 e. The normalized spacial score (nSPS) is 11.3. The van der Waals surface area contributed by atoms with Gasteiger partial charge in [-0.15, -0.1) is 0 Å². The Morgan fingerprint density at radius 2 is 1.82 bits per heavy atom. The average Bonchev–Trinajstić information content (AvgIpc) is 2.37. The Bertz CT molecular complexity index is 521. The predicted octanol–water partition coefficient (Wildman–Crippen LogP) is 4.01. The highest BCUT2D eigenvalue weighted by Crippen LogP contribution is 2.10. The maximum Gasteiger partial charge on any atom is 0.156 e. The van der Waals surface area contributed by atoms with Crippen molar-refractivity contribution < 1.29 is 0 Å². The molecule has 0 saturated heterocycles. The average molecular weight is 245 g/mol. The quantitative estimate of drug-likeness (QED) is 0.640. The van der Waals surface area contributed by atoms with Crippen molar-refractivity contribution in [2.45, 2.75) is 6.92 Å². The van der Waals surface area contributed by atoms with E-state index in [9.17, 15) is 0 Å². The van der Waals surface area contributed by atoms with Gasteiger partial charge in [-0.2, -0.15) is 5.10 Å². The summed E-state index contributed by atoms with van der Waals surface area (Å²) in [5.41, 5.74) is 5.91. The molecule has 2 aromatic carbocycles. The Kier molecular flexibility index (Phi) is 3.78. The lowest BCUT2D eigenvalue weighted by Gasteiger charge is -2.02. The van der Waals surface area contributed by atoms with Gasteiger partial charge in [0.2, 0.25) is 0 Å². The van der Waals surface area contributed by atoms with Gasteiger partial charge in [-0.1, -0.05) is 53.6 Å². The minimum absolute atomic E-state index is 0.456. The predicted molar refractivity (Wildman–Crippen MR) is 73.6 cm³/mol. The molecular weight excluding hydrogens is 232 g/mol. The van der Waals surface area contributed by atoms with E-state index in [1.165, 1.54) is 0 Å². The molecule has 2 nitrogen and oxygen atoms in total. The van der Waals surface area contributed by atoms with E-state index < -0.39 is 0 Å². The first kappa shape index (κ1) is 11.7. The second kappa shape index (κ2) is 5.51. The third-order valence-electron chi connectivity index (χ3n) is 2.31. The van der Waals surface area contributed by atoms with Gasteiger partial charge in [0.25, 0.3) is 0 Å². The van der Waals surface area contributed by atoms with Gasteiger partial charge in [0.1, 0.15) is 0 Å². The fourth-order valence-electron chi connectivity index (χ4n) is 1.46. The number of hydrogen-bond acceptors (Lipinski definition) is 2. The summed E-state index contributed by atoms with van der Waals surface area (Å²) in [5.74, 6) is 0. The number of para-hydroxylation sites is 1. The maximum atomic E-state index is 6.12. The SMILES string of the molecule is Cc1cccc(/C(Cl)=N/Nc2ccccc2)c1. The number of halogens is 1. The van der Waals surface area contributed by atoms with E-state index in [4.69, 9.17) is 11.6 Å². The molecule has 0 bridgehead atoms. The molecule has 1 N–H and O–H groups in total. The molecule has 0 aromatic heterocycles.